The number of benzene rings is 1. The van der Waals surface area contributed by atoms with Crippen LogP contribution in [0.2, 0.25) is 0 Å². The molecule has 1 atom stereocenters. The second kappa shape index (κ2) is 5.07. The lowest BCUT2D eigenvalue weighted by molar-refractivity contribution is 0.310. The van der Waals surface area contributed by atoms with Crippen molar-refractivity contribution in [3.05, 3.63) is 30.3 Å². The van der Waals surface area contributed by atoms with Crippen molar-refractivity contribution in [2.24, 2.45) is 11.7 Å². The summed E-state index contributed by atoms with van der Waals surface area (Å²) in [6.45, 7) is 0.813. The zero-order chi connectivity index (χ0) is 13.2. The minimum Gasteiger partial charge on any atom is -0.387 e. The summed E-state index contributed by atoms with van der Waals surface area (Å²) in [6.07, 6.45) is 1.53. The zero-order valence-electron chi connectivity index (χ0n) is 10.0. The van der Waals surface area contributed by atoms with E-state index in [0.29, 0.717) is 18.0 Å². The molecule has 0 radical (unpaired) electrons. The molecule has 3 N–H and O–H groups in total. The smallest absolute Gasteiger partial charge is 0.243 e. The summed E-state index contributed by atoms with van der Waals surface area (Å²) >= 11 is 0. The normalized spacial score (nSPS) is 21.7. The van der Waals surface area contributed by atoms with Gasteiger partial charge in [0.2, 0.25) is 10.0 Å². The average Bonchev–Trinajstić information content (AvgIpc) is 2.40. The number of rotatable bonds is 3. The van der Waals surface area contributed by atoms with Crippen molar-refractivity contribution in [1.29, 1.82) is 5.41 Å². The Morgan fingerprint density at radius 1 is 1.33 bits per heavy atom. The Bertz CT molecular complexity index is 528. The summed E-state index contributed by atoms with van der Waals surface area (Å²) in [7, 11) is -3.45. The van der Waals surface area contributed by atoms with Crippen molar-refractivity contribution in [2.75, 3.05) is 13.1 Å². The number of sulfonamides is 1. The van der Waals surface area contributed by atoms with Crippen molar-refractivity contribution >= 4 is 15.9 Å². The molecule has 6 heteroatoms. The largest absolute Gasteiger partial charge is 0.387 e. The number of nitrogens with one attached hydrogen (secondary N) is 1. The third-order valence-corrected chi connectivity index (χ3v) is 5.08. The van der Waals surface area contributed by atoms with E-state index in [1.165, 1.54) is 4.31 Å². The van der Waals surface area contributed by atoms with Crippen molar-refractivity contribution in [2.45, 2.75) is 17.7 Å². The lowest BCUT2D eigenvalue weighted by Crippen LogP contribution is -2.43. The molecule has 2 rings (SSSR count). The van der Waals surface area contributed by atoms with Crippen LogP contribution in [0.1, 0.15) is 12.8 Å². The Morgan fingerprint density at radius 2 is 2.00 bits per heavy atom. The molecule has 5 nitrogen and oxygen atoms in total. The van der Waals surface area contributed by atoms with Gasteiger partial charge in [0.05, 0.1) is 10.7 Å². The molecule has 1 fully saturated rings. The van der Waals surface area contributed by atoms with Gasteiger partial charge in [-0.2, -0.15) is 4.31 Å². The van der Waals surface area contributed by atoms with Gasteiger partial charge in [-0.05, 0) is 25.0 Å². The highest BCUT2D eigenvalue weighted by Crippen LogP contribution is 2.23. The van der Waals surface area contributed by atoms with E-state index in [0.717, 1.165) is 12.8 Å². The van der Waals surface area contributed by atoms with E-state index in [1.54, 1.807) is 30.3 Å². The summed E-state index contributed by atoms with van der Waals surface area (Å²) in [6, 6.07) is 8.38. The third-order valence-electron chi connectivity index (χ3n) is 3.20. The van der Waals surface area contributed by atoms with Crippen LogP contribution in [-0.2, 0) is 10.0 Å². The molecular formula is C12H17N3O2S. The first-order valence-electron chi connectivity index (χ1n) is 5.91. The van der Waals surface area contributed by atoms with Gasteiger partial charge in [-0.15, -0.1) is 0 Å². The molecule has 98 valence electrons. The van der Waals surface area contributed by atoms with Gasteiger partial charge in [-0.3, -0.25) is 5.41 Å². The highest BCUT2D eigenvalue weighted by Gasteiger charge is 2.31. The van der Waals surface area contributed by atoms with Crippen LogP contribution in [0.5, 0.6) is 0 Å². The predicted molar refractivity (Wildman–Crippen MR) is 69.8 cm³/mol. The first kappa shape index (κ1) is 13.0. The Morgan fingerprint density at radius 3 is 2.61 bits per heavy atom. The van der Waals surface area contributed by atoms with Crippen LogP contribution < -0.4 is 5.73 Å². The monoisotopic (exact) mass is 267 g/mol. The quantitative estimate of drug-likeness (QED) is 0.633. The predicted octanol–water partition coefficient (Wildman–Crippen LogP) is 1.02. The van der Waals surface area contributed by atoms with Crippen LogP contribution >= 0.6 is 0 Å². The van der Waals surface area contributed by atoms with Crippen molar-refractivity contribution in [3.8, 4) is 0 Å². The number of piperidine rings is 1. The van der Waals surface area contributed by atoms with Crippen molar-refractivity contribution < 1.29 is 8.42 Å². The zero-order valence-corrected chi connectivity index (χ0v) is 10.9. The molecular weight excluding hydrogens is 250 g/mol. The Balaban J connectivity index is 2.23. The summed E-state index contributed by atoms with van der Waals surface area (Å²) in [5.74, 6) is -0.0831. The Labute approximate surface area is 107 Å². The van der Waals surface area contributed by atoms with E-state index < -0.39 is 10.0 Å². The van der Waals surface area contributed by atoms with Crippen LogP contribution in [-0.4, -0.2) is 31.6 Å². The fourth-order valence-electron chi connectivity index (χ4n) is 2.16. The van der Waals surface area contributed by atoms with Gasteiger partial charge in [-0.1, -0.05) is 18.2 Å². The van der Waals surface area contributed by atoms with Crippen LogP contribution in [0.3, 0.4) is 0 Å². The molecule has 0 aromatic heterocycles. The molecule has 0 saturated carbocycles. The molecule has 1 aliphatic rings. The van der Waals surface area contributed by atoms with Crippen LogP contribution in [0.25, 0.3) is 0 Å². The fourth-order valence-corrected chi connectivity index (χ4v) is 3.70. The van der Waals surface area contributed by atoms with Gasteiger partial charge < -0.3 is 5.73 Å². The molecule has 0 spiro atoms. The van der Waals surface area contributed by atoms with Gasteiger partial charge in [-0.25, -0.2) is 8.42 Å². The van der Waals surface area contributed by atoms with Crippen LogP contribution in [0, 0.1) is 11.3 Å². The van der Waals surface area contributed by atoms with Gasteiger partial charge in [0, 0.05) is 19.0 Å². The standard InChI is InChI=1S/C12H17N3O2S/c13-12(14)10-5-4-8-15(9-10)18(16,17)11-6-2-1-3-7-11/h1-3,6-7,10H,4-5,8-9H2,(H3,13,14)/t10-/m1/s1. The van der Waals surface area contributed by atoms with Crippen molar-refractivity contribution in [3.63, 3.8) is 0 Å². The molecule has 1 saturated heterocycles. The highest BCUT2D eigenvalue weighted by atomic mass is 32.2. The second-order valence-corrected chi connectivity index (χ2v) is 6.41. The van der Waals surface area contributed by atoms with Gasteiger partial charge in [0.15, 0.2) is 0 Å². The molecule has 1 aromatic rings. The van der Waals surface area contributed by atoms with E-state index in [9.17, 15) is 8.42 Å². The maximum atomic E-state index is 12.4. The maximum absolute atomic E-state index is 12.4. The number of nitrogens with zero attached hydrogens (tertiary/aromatic N) is 1. The summed E-state index contributed by atoms with van der Waals surface area (Å²) in [5.41, 5.74) is 5.47. The summed E-state index contributed by atoms with van der Waals surface area (Å²) in [4.78, 5) is 0.300. The van der Waals surface area contributed by atoms with Gasteiger partial charge in [0.25, 0.3) is 0 Å². The second-order valence-electron chi connectivity index (χ2n) is 4.47. The molecule has 18 heavy (non-hydrogen) atoms. The maximum Gasteiger partial charge on any atom is 0.243 e. The highest BCUT2D eigenvalue weighted by molar-refractivity contribution is 7.89. The average molecular weight is 267 g/mol. The molecule has 0 bridgehead atoms. The molecule has 1 aliphatic heterocycles. The first-order valence-corrected chi connectivity index (χ1v) is 7.35. The number of hydrogen-bond donors (Lipinski definition) is 2. The lowest BCUT2D eigenvalue weighted by atomic mass is 9.99. The number of amidine groups is 1. The van der Waals surface area contributed by atoms with E-state index in [4.69, 9.17) is 11.1 Å². The first-order chi connectivity index (χ1) is 8.51. The van der Waals surface area contributed by atoms with Crippen LogP contribution in [0.15, 0.2) is 35.2 Å². The van der Waals surface area contributed by atoms with Crippen molar-refractivity contribution in [1.82, 2.24) is 4.31 Å². The molecule has 0 amide bonds. The number of hydrogen-bond acceptors (Lipinski definition) is 3. The minimum atomic E-state index is -3.45. The van der Waals surface area contributed by atoms with E-state index in [2.05, 4.69) is 0 Å². The molecule has 1 aromatic carbocycles. The SMILES string of the molecule is N=C(N)[C@@H]1CCCN(S(=O)(=O)c2ccccc2)C1. The van der Waals surface area contributed by atoms with E-state index in [1.807, 2.05) is 0 Å². The molecule has 1 heterocycles. The topological polar surface area (TPSA) is 87.2 Å². The lowest BCUT2D eigenvalue weighted by Gasteiger charge is -2.31. The molecule has 0 aliphatic carbocycles. The molecule has 0 unspecified atom stereocenters. The van der Waals surface area contributed by atoms with E-state index in [-0.39, 0.29) is 11.8 Å². The minimum absolute atomic E-state index is 0.0722. The Kier molecular flexibility index (Phi) is 3.68. The fraction of sp³-hybridized carbons (Fsp3) is 0.417. The van der Waals surface area contributed by atoms with E-state index >= 15 is 0 Å². The van der Waals surface area contributed by atoms with Gasteiger partial charge >= 0.3 is 0 Å². The Hall–Kier alpha value is -1.40. The third kappa shape index (κ3) is 2.54. The summed E-state index contributed by atoms with van der Waals surface area (Å²) < 4.78 is 26.2. The number of nitrogens with two attached hydrogens (primary N) is 1. The van der Waals surface area contributed by atoms with Crippen LogP contribution in [0.4, 0.5) is 0 Å². The summed E-state index contributed by atoms with van der Waals surface area (Å²) in [5, 5.41) is 7.44. The van der Waals surface area contributed by atoms with Gasteiger partial charge in [0.1, 0.15) is 0 Å².